The summed E-state index contributed by atoms with van der Waals surface area (Å²) in [7, 11) is -10.0. The standard InChI is InChI=1S/C89H142O17P2/c1-5-9-13-17-21-25-29-33-36-39-41-44-46-50-53-57-61-65-69-73-86(91)99-79-84(105-88(93)75-71-67-63-59-55-49-32-28-24-20-16-12-8-4)81-103-107(95,96)101-77-83(90)78-102-108(97,98)104-82-85(106-89(94)76-72-68-64-60-56-52-48-43-38-35-31-27-23-19-15-11-7-3)80-100-87(92)74-70-66-62-58-54-51-47-45-42-40-37-34-30-26-22-18-14-10-6-2/h9-11,13-16,20-23,25-28,32-38,41-42,44-45,48,51-52,54,62,66,83-85,90H,5-8,12,17-19,24,29-31,39-40,43,46-47,49-50,53,55-61,63-65,67-82H2,1-4H3,(H,95,96)(H,97,98)/b13-9-,14-10-,15-11-,20-16-,25-21-,26-22-,27-23-,32-28-,36-33-,37-34-,38-35-,44-41-,45-42-,52-48-,54-51-,66-62-. The zero-order chi connectivity index (χ0) is 78.9. The molecular weight excluding hydrogens is 1400 g/mol. The van der Waals surface area contributed by atoms with Gasteiger partial charge in [-0.1, -0.05) is 286 Å². The molecule has 5 unspecified atom stereocenters. The largest absolute Gasteiger partial charge is 0.472 e. The van der Waals surface area contributed by atoms with E-state index in [1.165, 1.54) is 0 Å². The summed E-state index contributed by atoms with van der Waals surface area (Å²) in [6.45, 7) is 4.30. The van der Waals surface area contributed by atoms with E-state index < -0.39 is 97.5 Å². The molecule has 19 heteroatoms. The summed E-state index contributed by atoms with van der Waals surface area (Å²) in [5.41, 5.74) is 0. The summed E-state index contributed by atoms with van der Waals surface area (Å²) in [5.74, 6) is -2.35. The number of rotatable bonds is 74. The Kier molecular flexibility index (Phi) is 74.5. The van der Waals surface area contributed by atoms with Gasteiger partial charge in [0.2, 0.25) is 0 Å². The molecule has 0 spiro atoms. The van der Waals surface area contributed by atoms with Crippen LogP contribution in [0.1, 0.15) is 285 Å². The second-order valence-corrected chi connectivity index (χ2v) is 29.1. The second-order valence-electron chi connectivity index (χ2n) is 26.2. The minimum absolute atomic E-state index is 0.0225. The quantitative estimate of drug-likeness (QED) is 0.0169. The van der Waals surface area contributed by atoms with Gasteiger partial charge in [0.05, 0.1) is 26.4 Å². The highest BCUT2D eigenvalue weighted by atomic mass is 31.2. The summed E-state index contributed by atoms with van der Waals surface area (Å²) in [6, 6.07) is 0. The molecule has 108 heavy (non-hydrogen) atoms. The number of phosphoric acid groups is 2. The third kappa shape index (κ3) is 78.0. The number of hydrogen-bond donors (Lipinski definition) is 3. The Morgan fingerprint density at radius 2 is 0.500 bits per heavy atom. The van der Waals surface area contributed by atoms with E-state index in [1.54, 1.807) is 0 Å². The predicted octanol–water partition coefficient (Wildman–Crippen LogP) is 24.1. The molecule has 0 aromatic heterocycles. The van der Waals surface area contributed by atoms with Crippen molar-refractivity contribution < 1.29 is 80.2 Å². The van der Waals surface area contributed by atoms with E-state index in [4.69, 9.17) is 37.0 Å². The molecule has 0 aliphatic rings. The Morgan fingerprint density at radius 3 is 0.796 bits per heavy atom. The van der Waals surface area contributed by atoms with Crippen molar-refractivity contribution >= 4 is 39.5 Å². The van der Waals surface area contributed by atoms with E-state index in [1.807, 2.05) is 18.2 Å². The summed E-state index contributed by atoms with van der Waals surface area (Å²) >= 11 is 0. The Labute approximate surface area is 653 Å². The van der Waals surface area contributed by atoms with Gasteiger partial charge in [-0.25, -0.2) is 9.13 Å². The van der Waals surface area contributed by atoms with Crippen molar-refractivity contribution in [2.75, 3.05) is 39.6 Å². The maximum Gasteiger partial charge on any atom is 0.472 e. The van der Waals surface area contributed by atoms with E-state index in [2.05, 4.69) is 204 Å². The topological polar surface area (TPSA) is 237 Å². The first-order valence-corrected chi connectivity index (χ1v) is 43.7. The monoisotopic (exact) mass is 1540 g/mol. The lowest BCUT2D eigenvalue weighted by Gasteiger charge is -2.21. The van der Waals surface area contributed by atoms with Crippen LogP contribution in [-0.4, -0.2) is 96.7 Å². The molecule has 17 nitrogen and oxygen atoms in total. The van der Waals surface area contributed by atoms with Crippen LogP contribution in [0.25, 0.3) is 0 Å². The first-order valence-electron chi connectivity index (χ1n) is 40.7. The average Bonchev–Trinajstić information content (AvgIpc) is 0.886. The molecule has 0 saturated carbocycles. The number of unbranched alkanes of at least 4 members (excludes halogenated alkanes) is 16. The van der Waals surface area contributed by atoms with Gasteiger partial charge in [-0.3, -0.25) is 37.3 Å². The maximum absolute atomic E-state index is 13.1. The van der Waals surface area contributed by atoms with Crippen molar-refractivity contribution in [3.63, 3.8) is 0 Å². The van der Waals surface area contributed by atoms with Crippen LogP contribution in [0.4, 0.5) is 0 Å². The molecule has 0 fully saturated rings. The molecule has 0 amide bonds. The zero-order valence-electron chi connectivity index (χ0n) is 66.7. The van der Waals surface area contributed by atoms with Crippen LogP contribution in [0.2, 0.25) is 0 Å². The molecule has 5 atom stereocenters. The van der Waals surface area contributed by atoms with E-state index in [0.29, 0.717) is 32.1 Å². The predicted molar refractivity (Wildman–Crippen MR) is 445 cm³/mol. The zero-order valence-corrected chi connectivity index (χ0v) is 68.5. The average molecular weight is 1550 g/mol. The van der Waals surface area contributed by atoms with Crippen molar-refractivity contribution in [1.29, 1.82) is 0 Å². The van der Waals surface area contributed by atoms with Crippen LogP contribution >= 0.6 is 15.6 Å². The van der Waals surface area contributed by atoms with Gasteiger partial charge < -0.3 is 33.8 Å². The fourth-order valence-corrected chi connectivity index (χ4v) is 11.5. The minimum Gasteiger partial charge on any atom is -0.462 e. The van der Waals surface area contributed by atoms with Gasteiger partial charge in [0.15, 0.2) is 12.2 Å². The van der Waals surface area contributed by atoms with E-state index >= 15 is 0 Å². The van der Waals surface area contributed by atoms with Crippen molar-refractivity contribution in [3.8, 4) is 0 Å². The number of carbonyl (C=O) groups is 4. The van der Waals surface area contributed by atoms with Gasteiger partial charge in [0, 0.05) is 25.7 Å². The summed E-state index contributed by atoms with van der Waals surface area (Å²) < 4.78 is 68.6. The fourth-order valence-electron chi connectivity index (χ4n) is 9.97. The number of allylic oxidation sites excluding steroid dienone is 32. The van der Waals surface area contributed by atoms with Crippen LogP contribution in [0, 0.1) is 0 Å². The van der Waals surface area contributed by atoms with Crippen LogP contribution in [0.3, 0.4) is 0 Å². The first kappa shape index (κ1) is 102. The number of esters is 4. The second kappa shape index (κ2) is 79.0. The summed E-state index contributed by atoms with van der Waals surface area (Å²) in [5, 5.41) is 10.7. The Hall–Kier alpha value is -6.10. The number of ether oxygens (including phenoxy) is 4. The highest BCUT2D eigenvalue weighted by molar-refractivity contribution is 7.47. The fraction of sp³-hybridized carbons (Fsp3) is 0.596. The van der Waals surface area contributed by atoms with E-state index in [9.17, 15) is 43.2 Å². The molecule has 0 bridgehead atoms. The van der Waals surface area contributed by atoms with Crippen LogP contribution in [0.15, 0.2) is 194 Å². The SMILES string of the molecule is CC/C=C\C/C=C\C/C=C\C/C=C\C/C=C\C/C=C\CCC(=O)OCC(COP(=O)(O)OCC(O)COP(=O)(O)OCC(COC(=O)CCCCCCCC/C=C\C/C=C\C/C=C\C/C=C\CC)OC(=O)CCCCCCC/C=C\C/C=C\CCC)OC(=O)CCCCCC/C=C\C/C=C\C/C=C\C/C=C\CC. The number of aliphatic hydroxyl groups excluding tert-OH is 1. The molecule has 610 valence electrons. The number of phosphoric ester groups is 2. The Bertz CT molecular complexity index is 2810. The molecule has 3 N–H and O–H groups in total. The van der Waals surface area contributed by atoms with Gasteiger partial charge in [-0.2, -0.15) is 0 Å². The minimum atomic E-state index is -5.01. The van der Waals surface area contributed by atoms with Gasteiger partial charge in [-0.15, -0.1) is 0 Å². The van der Waals surface area contributed by atoms with Crippen LogP contribution < -0.4 is 0 Å². The lowest BCUT2D eigenvalue weighted by atomic mass is 10.1. The van der Waals surface area contributed by atoms with Crippen LogP contribution in [-0.2, 0) is 65.4 Å². The molecule has 0 aliphatic carbocycles. The molecule has 0 heterocycles. The lowest BCUT2D eigenvalue weighted by Crippen LogP contribution is -2.30. The number of hydrogen-bond acceptors (Lipinski definition) is 15. The van der Waals surface area contributed by atoms with Crippen LogP contribution in [0.5, 0.6) is 0 Å². The Morgan fingerprint density at radius 1 is 0.269 bits per heavy atom. The smallest absolute Gasteiger partial charge is 0.462 e. The van der Waals surface area contributed by atoms with E-state index in [0.717, 1.165) is 199 Å². The third-order valence-corrected chi connectivity index (χ3v) is 17.9. The number of aliphatic hydroxyl groups is 1. The lowest BCUT2D eigenvalue weighted by molar-refractivity contribution is -0.161. The van der Waals surface area contributed by atoms with Gasteiger partial charge in [-0.05, 0) is 167 Å². The molecule has 0 rings (SSSR count). The summed E-state index contributed by atoms with van der Waals surface area (Å²) in [6.07, 6.45) is 97.0. The van der Waals surface area contributed by atoms with Gasteiger partial charge >= 0.3 is 39.5 Å². The maximum atomic E-state index is 13.1. The third-order valence-electron chi connectivity index (χ3n) is 16.0. The van der Waals surface area contributed by atoms with Crippen molar-refractivity contribution in [3.05, 3.63) is 194 Å². The molecule has 0 aromatic rings. The molecule has 0 aliphatic heterocycles. The van der Waals surface area contributed by atoms with Gasteiger partial charge in [0.25, 0.3) is 0 Å². The highest BCUT2D eigenvalue weighted by Crippen LogP contribution is 2.45. The molecule has 0 saturated heterocycles. The number of carbonyl (C=O) groups excluding carboxylic acids is 4. The van der Waals surface area contributed by atoms with E-state index in [-0.39, 0.29) is 25.7 Å². The van der Waals surface area contributed by atoms with Crippen molar-refractivity contribution in [2.45, 2.75) is 303 Å². The molecular formula is C89H142O17P2. The van der Waals surface area contributed by atoms with Gasteiger partial charge in [0.1, 0.15) is 19.3 Å². The molecule has 0 radical (unpaired) electrons. The summed E-state index contributed by atoms with van der Waals surface area (Å²) in [4.78, 5) is 73.1. The van der Waals surface area contributed by atoms with Crippen molar-refractivity contribution in [2.24, 2.45) is 0 Å². The first-order chi connectivity index (χ1) is 52.7. The van der Waals surface area contributed by atoms with Crippen molar-refractivity contribution in [1.82, 2.24) is 0 Å². The Balaban J connectivity index is 5.48. The highest BCUT2D eigenvalue weighted by Gasteiger charge is 2.30. The molecule has 0 aromatic carbocycles. The normalized spacial score (nSPS) is 14.8.